The third-order valence-electron chi connectivity index (χ3n) is 3.05. The van der Waals surface area contributed by atoms with Crippen LogP contribution in [0.25, 0.3) is 0 Å². The molecule has 0 aromatic carbocycles. The van der Waals surface area contributed by atoms with Gasteiger partial charge in [0, 0.05) is 5.92 Å². The smallest absolute Gasteiger partial charge is 0.175 e. The molecule has 0 amide bonds. The van der Waals surface area contributed by atoms with Gasteiger partial charge in [0.05, 0.1) is 18.8 Å². The van der Waals surface area contributed by atoms with Gasteiger partial charge in [-0.05, 0) is 13.5 Å². The third-order valence-corrected chi connectivity index (χ3v) is 3.05. The first-order chi connectivity index (χ1) is 5.29. The lowest BCUT2D eigenvalue weighted by molar-refractivity contribution is -0.0988. The maximum atomic E-state index is 5.50. The van der Waals surface area contributed by atoms with E-state index in [1.165, 1.54) is 0 Å². The molecule has 3 nitrogen and oxygen atoms in total. The maximum absolute atomic E-state index is 5.50. The maximum Gasteiger partial charge on any atom is 0.175 e. The van der Waals surface area contributed by atoms with Gasteiger partial charge in [-0.1, -0.05) is 6.92 Å². The first-order valence-corrected chi connectivity index (χ1v) is 4.22. The Hall–Kier alpha value is -0.120. The second-order valence-electron chi connectivity index (χ2n) is 3.48. The Kier molecular flexibility index (Phi) is 1.67. The number of ether oxygens (including phenoxy) is 2. The molecule has 0 saturated carbocycles. The fraction of sp³-hybridized carbons (Fsp3) is 1.00. The second-order valence-corrected chi connectivity index (χ2v) is 3.48. The van der Waals surface area contributed by atoms with E-state index in [2.05, 4.69) is 12.2 Å². The van der Waals surface area contributed by atoms with Crippen molar-refractivity contribution in [2.24, 2.45) is 5.92 Å². The topological polar surface area (TPSA) is 30.5 Å². The summed E-state index contributed by atoms with van der Waals surface area (Å²) in [5.41, 5.74) is 0.111. The quantitative estimate of drug-likeness (QED) is 0.596. The second kappa shape index (κ2) is 2.44. The minimum Gasteiger partial charge on any atom is -0.351 e. The number of nitrogens with one attached hydrogen (secondary N) is 1. The molecular formula is C8H15NO2. The van der Waals surface area contributed by atoms with Gasteiger partial charge in [-0.3, -0.25) is 0 Å². The van der Waals surface area contributed by atoms with E-state index in [1.807, 2.05) is 7.05 Å². The van der Waals surface area contributed by atoms with E-state index in [1.54, 1.807) is 0 Å². The van der Waals surface area contributed by atoms with Crippen molar-refractivity contribution >= 4 is 0 Å². The van der Waals surface area contributed by atoms with Gasteiger partial charge in [-0.25, -0.2) is 0 Å². The molecular weight excluding hydrogens is 142 g/mol. The van der Waals surface area contributed by atoms with Gasteiger partial charge in [-0.2, -0.15) is 0 Å². The van der Waals surface area contributed by atoms with Crippen molar-refractivity contribution in [3.63, 3.8) is 0 Å². The highest BCUT2D eigenvalue weighted by Crippen LogP contribution is 2.38. The van der Waals surface area contributed by atoms with Crippen molar-refractivity contribution in [3.05, 3.63) is 0 Å². The van der Waals surface area contributed by atoms with Gasteiger partial charge in [0.15, 0.2) is 6.29 Å². The van der Waals surface area contributed by atoms with E-state index in [0.717, 1.165) is 19.6 Å². The predicted octanol–water partition coefficient (Wildman–Crippen LogP) is 0.357. The highest BCUT2D eigenvalue weighted by molar-refractivity contribution is 5.02. The first-order valence-electron chi connectivity index (χ1n) is 4.22. The lowest BCUT2D eigenvalue weighted by Gasteiger charge is -2.29. The Morgan fingerprint density at radius 1 is 1.45 bits per heavy atom. The molecule has 1 N–H and O–H groups in total. The summed E-state index contributed by atoms with van der Waals surface area (Å²) in [5.74, 6) is 0.569. The minimum atomic E-state index is 0.00231. The van der Waals surface area contributed by atoms with Crippen molar-refractivity contribution in [3.8, 4) is 0 Å². The van der Waals surface area contributed by atoms with Crippen molar-refractivity contribution in [2.45, 2.75) is 25.2 Å². The summed E-state index contributed by atoms with van der Waals surface area (Å²) < 4.78 is 11.0. The molecule has 3 atom stereocenters. The zero-order valence-electron chi connectivity index (χ0n) is 7.09. The Balaban J connectivity index is 2.22. The van der Waals surface area contributed by atoms with Crippen molar-refractivity contribution in [1.29, 1.82) is 0 Å². The minimum absolute atomic E-state index is 0.00231. The number of likely N-dealkylation sites (N-methyl/N-ethyl adjacent to an activating group) is 1. The van der Waals surface area contributed by atoms with Gasteiger partial charge in [-0.15, -0.1) is 0 Å². The molecule has 2 heterocycles. The van der Waals surface area contributed by atoms with Gasteiger partial charge in [0.1, 0.15) is 0 Å². The van der Waals surface area contributed by atoms with Crippen LogP contribution in [0.5, 0.6) is 0 Å². The van der Waals surface area contributed by atoms with E-state index in [-0.39, 0.29) is 11.8 Å². The molecule has 2 saturated heterocycles. The van der Waals surface area contributed by atoms with E-state index in [9.17, 15) is 0 Å². The number of rotatable bonds is 1. The molecule has 0 aromatic heterocycles. The normalized spacial score (nSPS) is 49.6. The monoisotopic (exact) mass is 157 g/mol. The zero-order chi connectivity index (χ0) is 7.90. The molecule has 64 valence electrons. The third kappa shape index (κ3) is 0.849. The Morgan fingerprint density at radius 3 is 2.91 bits per heavy atom. The standard InChI is InChI=1S/C8H15NO2/c1-6-5-11-7-8(6,9-2)3-4-10-7/h6-7,9H,3-5H2,1-2H3/t6?,7-,8-/m1/s1. The molecule has 1 unspecified atom stereocenters. The number of fused-ring (bicyclic) bond motifs is 1. The molecule has 0 aliphatic carbocycles. The molecule has 2 fully saturated rings. The highest BCUT2D eigenvalue weighted by atomic mass is 16.7. The number of hydrogen-bond acceptors (Lipinski definition) is 3. The van der Waals surface area contributed by atoms with Crippen LogP contribution < -0.4 is 5.32 Å². The molecule has 0 spiro atoms. The zero-order valence-corrected chi connectivity index (χ0v) is 7.09. The van der Waals surface area contributed by atoms with Gasteiger partial charge >= 0.3 is 0 Å². The summed E-state index contributed by atoms with van der Waals surface area (Å²) in [6, 6.07) is 0. The van der Waals surface area contributed by atoms with Crippen LogP contribution in [0.3, 0.4) is 0 Å². The fourth-order valence-electron chi connectivity index (χ4n) is 2.15. The largest absolute Gasteiger partial charge is 0.351 e. The van der Waals surface area contributed by atoms with E-state index >= 15 is 0 Å². The SMILES string of the molecule is CN[C@@]12CCO[C@@H]1OCC2C. The molecule has 0 bridgehead atoms. The molecule has 2 aliphatic heterocycles. The summed E-state index contributed by atoms with van der Waals surface area (Å²) in [4.78, 5) is 0. The van der Waals surface area contributed by atoms with Gasteiger partial charge in [0.2, 0.25) is 0 Å². The van der Waals surface area contributed by atoms with Crippen LogP contribution in [0.15, 0.2) is 0 Å². The molecule has 0 aromatic rings. The van der Waals surface area contributed by atoms with E-state index < -0.39 is 0 Å². The molecule has 2 rings (SSSR count). The Labute approximate surface area is 67.1 Å². The molecule has 2 aliphatic rings. The summed E-state index contributed by atoms with van der Waals surface area (Å²) >= 11 is 0. The summed E-state index contributed by atoms with van der Waals surface area (Å²) in [7, 11) is 1.99. The van der Waals surface area contributed by atoms with E-state index in [0.29, 0.717) is 5.92 Å². The van der Waals surface area contributed by atoms with Gasteiger partial charge < -0.3 is 14.8 Å². The van der Waals surface area contributed by atoms with Crippen molar-refractivity contribution in [2.75, 3.05) is 20.3 Å². The lowest BCUT2D eigenvalue weighted by Crippen LogP contribution is -2.50. The summed E-state index contributed by atoms with van der Waals surface area (Å²) in [6.07, 6.45) is 1.08. The fourth-order valence-corrected chi connectivity index (χ4v) is 2.15. The number of hydrogen-bond donors (Lipinski definition) is 1. The van der Waals surface area contributed by atoms with Crippen LogP contribution in [-0.4, -0.2) is 32.1 Å². The summed E-state index contributed by atoms with van der Waals surface area (Å²) in [5, 5.41) is 3.34. The molecule has 11 heavy (non-hydrogen) atoms. The van der Waals surface area contributed by atoms with Crippen LogP contribution in [0.1, 0.15) is 13.3 Å². The van der Waals surface area contributed by atoms with Crippen LogP contribution >= 0.6 is 0 Å². The van der Waals surface area contributed by atoms with Crippen LogP contribution in [0.2, 0.25) is 0 Å². The Bertz CT molecular complexity index is 162. The predicted molar refractivity (Wildman–Crippen MR) is 41.3 cm³/mol. The average Bonchev–Trinajstić information content (AvgIpc) is 2.53. The van der Waals surface area contributed by atoms with Crippen LogP contribution in [0.4, 0.5) is 0 Å². The Morgan fingerprint density at radius 2 is 2.27 bits per heavy atom. The van der Waals surface area contributed by atoms with Crippen LogP contribution in [-0.2, 0) is 9.47 Å². The molecule has 3 heteroatoms. The van der Waals surface area contributed by atoms with Gasteiger partial charge in [0.25, 0.3) is 0 Å². The van der Waals surface area contributed by atoms with E-state index in [4.69, 9.17) is 9.47 Å². The average molecular weight is 157 g/mol. The molecule has 0 radical (unpaired) electrons. The lowest BCUT2D eigenvalue weighted by atomic mass is 9.86. The highest BCUT2D eigenvalue weighted by Gasteiger charge is 2.52. The van der Waals surface area contributed by atoms with Crippen LogP contribution in [0, 0.1) is 5.92 Å². The summed E-state index contributed by atoms with van der Waals surface area (Å²) in [6.45, 7) is 3.87. The van der Waals surface area contributed by atoms with Crippen molar-refractivity contribution < 1.29 is 9.47 Å². The van der Waals surface area contributed by atoms with Crippen molar-refractivity contribution in [1.82, 2.24) is 5.32 Å². The first kappa shape index (κ1) is 7.53.